The number of ether oxygens (including phenoxy) is 7. The van der Waals surface area contributed by atoms with Crippen molar-refractivity contribution in [1.29, 1.82) is 0 Å². The van der Waals surface area contributed by atoms with E-state index in [1.54, 1.807) is 26.4 Å². The molecule has 1 aliphatic carbocycles. The smallest absolute Gasteiger partial charge is 0.338 e. The lowest BCUT2D eigenvalue weighted by molar-refractivity contribution is -0.176. The predicted octanol–water partition coefficient (Wildman–Crippen LogP) is 4.17. The highest BCUT2D eigenvalue weighted by molar-refractivity contribution is 5.91. The van der Waals surface area contributed by atoms with Crippen molar-refractivity contribution in [2.75, 3.05) is 55.7 Å². The molecule has 0 amide bonds. The molecule has 3 unspecified atom stereocenters. The molecule has 1 aromatic heterocycles. The van der Waals surface area contributed by atoms with Crippen molar-refractivity contribution in [3.8, 4) is 23.0 Å². The Kier molecular flexibility index (Phi) is 8.34. The molecule has 2 aromatic carbocycles. The molecule has 3 aromatic rings. The lowest BCUT2D eigenvalue weighted by atomic mass is 9.63. The topological polar surface area (TPSA) is 118 Å². The quantitative estimate of drug-likeness (QED) is 0.374. The number of H-pyrrole nitrogens is 1. The van der Waals surface area contributed by atoms with Crippen molar-refractivity contribution in [3.63, 3.8) is 0 Å². The summed E-state index contributed by atoms with van der Waals surface area (Å²) in [6.45, 7) is 1.68. The van der Waals surface area contributed by atoms with Crippen LogP contribution in [0.1, 0.15) is 40.5 Å². The maximum absolute atomic E-state index is 13.5. The number of benzene rings is 2. The third-order valence-electron chi connectivity index (χ3n) is 9.76. The van der Waals surface area contributed by atoms with Crippen molar-refractivity contribution in [1.82, 2.24) is 9.88 Å². The van der Waals surface area contributed by atoms with Gasteiger partial charge in [-0.25, -0.2) is 4.79 Å². The second-order valence-electron chi connectivity index (χ2n) is 11.7. The number of nitrogens with one attached hydrogen (secondary N) is 1. The van der Waals surface area contributed by atoms with Crippen molar-refractivity contribution in [2.24, 2.45) is 17.8 Å². The first-order valence-corrected chi connectivity index (χ1v) is 14.9. The van der Waals surface area contributed by atoms with E-state index in [0.717, 1.165) is 37.2 Å². The van der Waals surface area contributed by atoms with Crippen molar-refractivity contribution < 1.29 is 42.7 Å². The van der Waals surface area contributed by atoms with Crippen molar-refractivity contribution >= 4 is 22.8 Å². The molecule has 3 heterocycles. The number of carbonyl (C=O) groups is 2. The monoisotopic (exact) mass is 608 g/mol. The third kappa shape index (κ3) is 5.01. The van der Waals surface area contributed by atoms with Crippen LogP contribution in [0.25, 0.3) is 10.9 Å². The number of hydrogen-bond donors (Lipinski definition) is 1. The fourth-order valence-electron chi connectivity index (χ4n) is 7.76. The molecule has 1 saturated carbocycles. The van der Waals surface area contributed by atoms with Crippen LogP contribution in [0.5, 0.6) is 23.0 Å². The summed E-state index contributed by atoms with van der Waals surface area (Å²) in [5, 5.41) is 1.21. The molecule has 2 aliphatic heterocycles. The van der Waals surface area contributed by atoms with Crippen LogP contribution >= 0.6 is 0 Å². The third-order valence-corrected chi connectivity index (χ3v) is 9.76. The van der Waals surface area contributed by atoms with E-state index in [1.165, 1.54) is 45.1 Å². The largest absolute Gasteiger partial charge is 0.497 e. The van der Waals surface area contributed by atoms with Gasteiger partial charge in [0.2, 0.25) is 5.75 Å². The fraction of sp³-hybridized carbons (Fsp3) is 0.515. The molecule has 2 fully saturated rings. The average molecular weight is 609 g/mol. The van der Waals surface area contributed by atoms with E-state index in [0.29, 0.717) is 23.7 Å². The Morgan fingerprint density at radius 3 is 2.30 bits per heavy atom. The van der Waals surface area contributed by atoms with E-state index in [1.807, 2.05) is 12.1 Å². The lowest BCUT2D eigenvalue weighted by Crippen LogP contribution is -2.58. The molecule has 236 valence electrons. The van der Waals surface area contributed by atoms with E-state index >= 15 is 0 Å². The highest BCUT2D eigenvalue weighted by Crippen LogP contribution is 2.51. The minimum absolute atomic E-state index is 0.0170. The van der Waals surface area contributed by atoms with Gasteiger partial charge in [0.25, 0.3) is 0 Å². The summed E-state index contributed by atoms with van der Waals surface area (Å²) < 4.78 is 39.1. The minimum atomic E-state index is -0.670. The van der Waals surface area contributed by atoms with Crippen molar-refractivity contribution in [3.05, 3.63) is 47.2 Å². The van der Waals surface area contributed by atoms with Gasteiger partial charge in [0.1, 0.15) is 18.0 Å². The average Bonchev–Trinajstić information content (AvgIpc) is 3.43. The number of nitrogens with zero attached hydrogens (tertiary/aromatic N) is 1. The summed E-state index contributed by atoms with van der Waals surface area (Å²) in [6, 6.07) is 9.40. The van der Waals surface area contributed by atoms with E-state index in [9.17, 15) is 9.59 Å². The first-order chi connectivity index (χ1) is 21.3. The first kappa shape index (κ1) is 30.1. The summed E-state index contributed by atoms with van der Waals surface area (Å²) >= 11 is 0. The molecule has 11 heteroatoms. The molecule has 0 spiro atoms. The van der Waals surface area contributed by atoms with Crippen LogP contribution in [0.2, 0.25) is 0 Å². The lowest BCUT2D eigenvalue weighted by Gasteiger charge is -2.52. The maximum atomic E-state index is 13.5. The summed E-state index contributed by atoms with van der Waals surface area (Å²) in [4.78, 5) is 33.1. The van der Waals surface area contributed by atoms with E-state index in [-0.39, 0.29) is 29.4 Å². The molecular weight excluding hydrogens is 568 g/mol. The summed E-state index contributed by atoms with van der Waals surface area (Å²) in [6.07, 6.45) is 0.920. The zero-order valence-electron chi connectivity index (χ0n) is 26.0. The highest BCUT2D eigenvalue weighted by atomic mass is 16.6. The Bertz CT molecular complexity index is 1530. The van der Waals surface area contributed by atoms with Crippen LogP contribution in [-0.2, 0) is 25.4 Å². The number of fused-ring (bicyclic) bond motifs is 6. The molecule has 3 aliphatic rings. The van der Waals surface area contributed by atoms with Crippen LogP contribution in [0.3, 0.4) is 0 Å². The number of aromatic amines is 1. The van der Waals surface area contributed by atoms with Crippen LogP contribution in [0.4, 0.5) is 0 Å². The van der Waals surface area contributed by atoms with Gasteiger partial charge >= 0.3 is 11.9 Å². The maximum Gasteiger partial charge on any atom is 0.338 e. The Hall–Kier alpha value is -3.96. The van der Waals surface area contributed by atoms with Crippen LogP contribution in [-0.4, -0.2) is 89.8 Å². The molecule has 1 N–H and O–H groups in total. The first-order valence-electron chi connectivity index (χ1n) is 14.9. The number of esters is 2. The van der Waals surface area contributed by atoms with Crippen LogP contribution in [0, 0.1) is 17.8 Å². The molecule has 44 heavy (non-hydrogen) atoms. The number of carbonyl (C=O) groups excluding carboxylic acids is 2. The Balaban J connectivity index is 1.29. The van der Waals surface area contributed by atoms with Crippen molar-refractivity contribution in [2.45, 2.75) is 37.5 Å². The van der Waals surface area contributed by atoms with E-state index in [2.05, 4.69) is 16.0 Å². The second-order valence-corrected chi connectivity index (χ2v) is 11.7. The molecule has 11 nitrogen and oxygen atoms in total. The van der Waals surface area contributed by atoms with Gasteiger partial charge in [-0.3, -0.25) is 9.69 Å². The molecule has 0 bridgehead atoms. The van der Waals surface area contributed by atoms with Gasteiger partial charge in [-0.1, -0.05) is 0 Å². The van der Waals surface area contributed by atoms with E-state index < -0.39 is 24.1 Å². The molecular formula is C33H40N2O9. The molecule has 0 radical (unpaired) electrons. The normalized spacial score (nSPS) is 26.1. The number of hydrogen-bond acceptors (Lipinski definition) is 10. The number of rotatable bonds is 8. The van der Waals surface area contributed by atoms with Gasteiger partial charge in [0.15, 0.2) is 11.5 Å². The summed E-state index contributed by atoms with van der Waals surface area (Å²) in [7, 11) is 9.10. The van der Waals surface area contributed by atoms with Gasteiger partial charge in [-0.15, -0.1) is 0 Å². The zero-order chi connectivity index (χ0) is 31.1. The zero-order valence-corrected chi connectivity index (χ0v) is 26.0. The Morgan fingerprint density at radius 2 is 1.66 bits per heavy atom. The van der Waals surface area contributed by atoms with Crippen LogP contribution in [0.15, 0.2) is 30.3 Å². The van der Waals surface area contributed by atoms with E-state index in [4.69, 9.17) is 33.2 Å². The predicted molar refractivity (Wildman–Crippen MR) is 161 cm³/mol. The standard InChI is InChI=1S/C33H40N2O9/c1-38-19-7-8-20-21-9-10-35-16-18-13-27(44-32(36)17-11-25(39-2)30(41-4)26(12-17)40-3)31(42-5)28(33(37)43-6)22(18)15-24(35)29(21)34-23(20)14-19/h7-8,11-12,14,18,22,24,27-28,31,34H,9-10,13,15-16H2,1-6H3/t18-,22-,24-,27?,28?,31?/m0/s1. The summed E-state index contributed by atoms with van der Waals surface area (Å²) in [5.41, 5.74) is 3.83. The van der Waals surface area contributed by atoms with Gasteiger partial charge in [-0.05, 0) is 60.9 Å². The van der Waals surface area contributed by atoms with Gasteiger partial charge < -0.3 is 38.1 Å². The fourth-order valence-corrected chi connectivity index (χ4v) is 7.76. The second kappa shape index (κ2) is 12.2. The number of piperidine rings is 1. The molecule has 6 atom stereocenters. The Labute approximate surface area is 256 Å². The number of methoxy groups -OCH3 is 6. The summed E-state index contributed by atoms with van der Waals surface area (Å²) in [5.74, 6) is 0.441. The number of aromatic nitrogens is 1. The van der Waals surface area contributed by atoms with Crippen LogP contribution < -0.4 is 18.9 Å². The molecule has 6 rings (SSSR count). The Morgan fingerprint density at radius 1 is 0.909 bits per heavy atom. The van der Waals surface area contributed by atoms with Gasteiger partial charge in [-0.2, -0.15) is 0 Å². The SMILES string of the molecule is COC(=O)C1C(OC)C(OC(=O)c2cc(OC)c(OC)c(OC)c2)C[C@H]2CN3CCc4c([nH]c5cc(OC)ccc45)[C@@H]3C[C@H]12. The van der Waals surface area contributed by atoms with Gasteiger partial charge in [0.05, 0.1) is 53.1 Å². The highest BCUT2D eigenvalue weighted by Gasteiger charge is 2.54. The van der Waals surface area contributed by atoms with Gasteiger partial charge in [0, 0.05) is 42.9 Å². The minimum Gasteiger partial charge on any atom is -0.497 e. The molecule has 1 saturated heterocycles.